The molecule has 1 aliphatic rings. The molecule has 0 aliphatic carbocycles. The van der Waals surface area contributed by atoms with Crippen molar-refractivity contribution in [2.24, 2.45) is 0 Å². The van der Waals surface area contributed by atoms with Crippen LogP contribution in [0.5, 0.6) is 5.75 Å². The number of nitrogens with zero attached hydrogens (tertiary/aromatic N) is 4. The van der Waals surface area contributed by atoms with Crippen LogP contribution in [-0.4, -0.2) is 37.2 Å². The molecule has 152 valence electrons. The molecule has 1 atom stereocenters. The van der Waals surface area contributed by atoms with Gasteiger partial charge >= 0.3 is 0 Å². The second-order valence-electron chi connectivity index (χ2n) is 8.85. The number of phenols is 1. The molecule has 2 heterocycles. The SMILES string of the molecule is CC(C)c1cc(C(=O)N2Cc3nnc(C(C)C)n3[C@@H](C)C2)c(O)c(C(C)C)c1. The largest absolute Gasteiger partial charge is 0.507 e. The van der Waals surface area contributed by atoms with Crippen molar-refractivity contribution in [2.45, 2.75) is 78.8 Å². The van der Waals surface area contributed by atoms with Crippen LogP contribution in [0.4, 0.5) is 0 Å². The molecule has 0 unspecified atom stereocenters. The van der Waals surface area contributed by atoms with Crippen molar-refractivity contribution in [3.63, 3.8) is 0 Å². The fourth-order valence-electron chi connectivity index (χ4n) is 3.90. The van der Waals surface area contributed by atoms with Crippen LogP contribution in [0.1, 0.15) is 105 Å². The maximum atomic E-state index is 13.4. The molecule has 3 rings (SSSR count). The highest BCUT2D eigenvalue weighted by Gasteiger charge is 2.32. The normalized spacial score (nSPS) is 16.9. The molecule has 1 aliphatic heterocycles. The molecular formula is C22H32N4O2. The van der Waals surface area contributed by atoms with E-state index in [2.05, 4.69) is 49.4 Å². The summed E-state index contributed by atoms with van der Waals surface area (Å²) >= 11 is 0. The molecule has 28 heavy (non-hydrogen) atoms. The van der Waals surface area contributed by atoms with E-state index in [9.17, 15) is 9.90 Å². The zero-order valence-electron chi connectivity index (χ0n) is 18.0. The van der Waals surface area contributed by atoms with Gasteiger partial charge in [0, 0.05) is 12.5 Å². The van der Waals surface area contributed by atoms with Crippen molar-refractivity contribution in [2.75, 3.05) is 6.54 Å². The Morgan fingerprint density at radius 1 is 1.07 bits per heavy atom. The quantitative estimate of drug-likeness (QED) is 0.838. The Morgan fingerprint density at radius 2 is 1.75 bits per heavy atom. The highest BCUT2D eigenvalue weighted by Crippen LogP contribution is 2.35. The van der Waals surface area contributed by atoms with E-state index in [0.717, 1.165) is 22.8 Å². The van der Waals surface area contributed by atoms with Crippen molar-refractivity contribution in [1.82, 2.24) is 19.7 Å². The van der Waals surface area contributed by atoms with Crippen molar-refractivity contribution in [1.29, 1.82) is 0 Å². The average molecular weight is 385 g/mol. The summed E-state index contributed by atoms with van der Waals surface area (Å²) in [6.07, 6.45) is 0. The summed E-state index contributed by atoms with van der Waals surface area (Å²) in [6, 6.07) is 3.96. The average Bonchev–Trinajstić information content (AvgIpc) is 3.05. The molecule has 1 aromatic heterocycles. The third kappa shape index (κ3) is 3.52. The van der Waals surface area contributed by atoms with Crippen molar-refractivity contribution in [3.05, 3.63) is 40.5 Å². The maximum Gasteiger partial charge on any atom is 0.258 e. The highest BCUT2D eigenvalue weighted by molar-refractivity contribution is 5.97. The van der Waals surface area contributed by atoms with E-state index in [1.165, 1.54) is 0 Å². The molecule has 0 bridgehead atoms. The van der Waals surface area contributed by atoms with E-state index in [4.69, 9.17) is 0 Å². The van der Waals surface area contributed by atoms with Gasteiger partial charge in [-0.15, -0.1) is 10.2 Å². The van der Waals surface area contributed by atoms with Gasteiger partial charge < -0.3 is 14.6 Å². The van der Waals surface area contributed by atoms with Gasteiger partial charge in [0.25, 0.3) is 5.91 Å². The van der Waals surface area contributed by atoms with Crippen molar-refractivity contribution < 1.29 is 9.90 Å². The summed E-state index contributed by atoms with van der Waals surface area (Å²) in [5.41, 5.74) is 2.28. The lowest BCUT2D eigenvalue weighted by molar-refractivity contribution is 0.0676. The number of aromatic nitrogens is 3. The Labute approximate surface area is 167 Å². The van der Waals surface area contributed by atoms with E-state index in [1.807, 2.05) is 26.0 Å². The molecule has 6 heteroatoms. The molecule has 1 N–H and O–H groups in total. The molecule has 0 radical (unpaired) electrons. The van der Waals surface area contributed by atoms with Crippen LogP contribution in [0.15, 0.2) is 12.1 Å². The minimum absolute atomic E-state index is 0.0973. The highest BCUT2D eigenvalue weighted by atomic mass is 16.3. The molecule has 0 spiro atoms. The minimum Gasteiger partial charge on any atom is -0.507 e. The number of hydrogen-bond acceptors (Lipinski definition) is 4. The fraction of sp³-hybridized carbons (Fsp3) is 0.591. The number of rotatable bonds is 4. The predicted molar refractivity (Wildman–Crippen MR) is 110 cm³/mol. The van der Waals surface area contributed by atoms with Gasteiger partial charge in [-0.3, -0.25) is 4.79 Å². The number of phenolic OH excluding ortho intramolecular Hbond substituents is 1. The van der Waals surface area contributed by atoms with Gasteiger partial charge in [-0.05, 0) is 36.0 Å². The lowest BCUT2D eigenvalue weighted by Crippen LogP contribution is -2.41. The van der Waals surface area contributed by atoms with Gasteiger partial charge in [0.1, 0.15) is 11.6 Å². The fourth-order valence-corrected chi connectivity index (χ4v) is 3.90. The van der Waals surface area contributed by atoms with Crippen LogP contribution in [0, 0.1) is 0 Å². The number of carbonyl (C=O) groups excluding carboxylic acids is 1. The van der Waals surface area contributed by atoms with Gasteiger partial charge in [0.05, 0.1) is 18.2 Å². The molecule has 2 aromatic rings. The van der Waals surface area contributed by atoms with Crippen LogP contribution in [0.3, 0.4) is 0 Å². The Bertz CT molecular complexity index is 883. The standard InChI is InChI=1S/C22H32N4O2/c1-12(2)16-8-17(13(3)4)20(27)18(9-16)22(28)25-10-15(7)26-19(11-25)23-24-21(26)14(5)6/h8-9,12-15,27H,10-11H2,1-7H3/t15-/m0/s1. The van der Waals surface area contributed by atoms with Gasteiger partial charge in [-0.2, -0.15) is 0 Å². The molecule has 0 saturated heterocycles. The first-order chi connectivity index (χ1) is 13.1. The molecule has 1 amide bonds. The third-order valence-corrected chi connectivity index (χ3v) is 5.53. The molecule has 0 saturated carbocycles. The van der Waals surface area contributed by atoms with Gasteiger partial charge in [-0.1, -0.05) is 47.6 Å². The zero-order valence-corrected chi connectivity index (χ0v) is 18.0. The molecular weight excluding hydrogens is 352 g/mol. The second-order valence-corrected chi connectivity index (χ2v) is 8.85. The van der Waals surface area contributed by atoms with E-state index >= 15 is 0 Å². The van der Waals surface area contributed by atoms with Crippen LogP contribution in [0.2, 0.25) is 0 Å². The van der Waals surface area contributed by atoms with Gasteiger partial charge in [0.2, 0.25) is 0 Å². The lowest BCUT2D eigenvalue weighted by atomic mass is 9.91. The molecule has 1 aromatic carbocycles. The Balaban J connectivity index is 1.98. The van der Waals surface area contributed by atoms with Crippen LogP contribution < -0.4 is 0 Å². The number of aromatic hydroxyl groups is 1. The number of amides is 1. The zero-order chi connectivity index (χ0) is 20.7. The van der Waals surface area contributed by atoms with E-state index < -0.39 is 0 Å². The summed E-state index contributed by atoms with van der Waals surface area (Å²) in [5.74, 6) is 2.43. The number of benzene rings is 1. The van der Waals surface area contributed by atoms with E-state index in [0.29, 0.717) is 18.7 Å². The number of carbonyl (C=O) groups is 1. The van der Waals surface area contributed by atoms with E-state index in [1.54, 1.807) is 4.90 Å². The third-order valence-electron chi connectivity index (χ3n) is 5.53. The number of fused-ring (bicyclic) bond motifs is 1. The second kappa shape index (κ2) is 7.57. The van der Waals surface area contributed by atoms with Crippen LogP contribution >= 0.6 is 0 Å². The van der Waals surface area contributed by atoms with Gasteiger partial charge in [-0.25, -0.2) is 0 Å². The predicted octanol–water partition coefficient (Wildman–Crippen LogP) is 4.57. The summed E-state index contributed by atoms with van der Waals surface area (Å²) in [4.78, 5) is 15.2. The van der Waals surface area contributed by atoms with Crippen LogP contribution in [0.25, 0.3) is 0 Å². The topological polar surface area (TPSA) is 71.2 Å². The Morgan fingerprint density at radius 3 is 2.32 bits per heavy atom. The molecule has 6 nitrogen and oxygen atoms in total. The smallest absolute Gasteiger partial charge is 0.258 e. The Kier molecular flexibility index (Phi) is 5.50. The minimum atomic E-state index is -0.144. The summed E-state index contributed by atoms with van der Waals surface area (Å²) in [7, 11) is 0. The first-order valence-corrected chi connectivity index (χ1v) is 10.2. The first-order valence-electron chi connectivity index (χ1n) is 10.2. The Hall–Kier alpha value is -2.37. The summed E-state index contributed by atoms with van der Waals surface area (Å²) < 4.78 is 2.15. The van der Waals surface area contributed by atoms with Crippen LogP contribution in [-0.2, 0) is 6.54 Å². The monoisotopic (exact) mass is 384 g/mol. The summed E-state index contributed by atoms with van der Waals surface area (Å²) in [6.45, 7) is 15.5. The summed E-state index contributed by atoms with van der Waals surface area (Å²) in [5, 5.41) is 19.5. The number of hydrogen-bond donors (Lipinski definition) is 1. The lowest BCUT2D eigenvalue weighted by Gasteiger charge is -2.33. The van der Waals surface area contributed by atoms with Gasteiger partial charge in [0.15, 0.2) is 5.82 Å². The maximum absolute atomic E-state index is 13.4. The first kappa shape index (κ1) is 20.4. The van der Waals surface area contributed by atoms with Crippen molar-refractivity contribution >= 4 is 5.91 Å². The molecule has 0 fully saturated rings. The van der Waals surface area contributed by atoms with Crippen molar-refractivity contribution in [3.8, 4) is 5.75 Å². The van der Waals surface area contributed by atoms with E-state index in [-0.39, 0.29) is 35.5 Å².